The second kappa shape index (κ2) is 5.06. The van der Waals surface area contributed by atoms with Crippen LogP contribution in [0.4, 0.5) is 0 Å². The van der Waals surface area contributed by atoms with Crippen molar-refractivity contribution in [2.45, 2.75) is 42.8 Å². The lowest BCUT2D eigenvalue weighted by Crippen LogP contribution is -1.99. The van der Waals surface area contributed by atoms with Crippen molar-refractivity contribution in [3.05, 3.63) is 34.5 Å². The van der Waals surface area contributed by atoms with Gasteiger partial charge in [0.2, 0.25) is 0 Å². The van der Waals surface area contributed by atoms with Crippen LogP contribution in [0.25, 0.3) is 0 Å². The molecule has 2 aromatic heterocycles. The summed E-state index contributed by atoms with van der Waals surface area (Å²) in [4.78, 5) is 17.6. The van der Waals surface area contributed by atoms with E-state index < -0.39 is 0 Å². The molecular formula is C13H13ClN4S. The maximum absolute atomic E-state index is 6.18. The van der Waals surface area contributed by atoms with Crippen molar-refractivity contribution in [1.82, 2.24) is 19.9 Å². The monoisotopic (exact) mass is 292 g/mol. The summed E-state index contributed by atoms with van der Waals surface area (Å²) in [5, 5.41) is 2.08. The Morgan fingerprint density at radius 2 is 2.00 bits per heavy atom. The van der Waals surface area contributed by atoms with Gasteiger partial charge in [0, 0.05) is 23.4 Å². The molecular weight excluding hydrogens is 280 g/mol. The van der Waals surface area contributed by atoms with Gasteiger partial charge in [0.25, 0.3) is 0 Å². The summed E-state index contributed by atoms with van der Waals surface area (Å²) in [6.45, 7) is 3.87. The molecule has 0 atom stereocenters. The molecule has 1 aliphatic rings. The highest BCUT2D eigenvalue weighted by Crippen LogP contribution is 2.40. The normalized spacial score (nSPS) is 14.7. The fourth-order valence-electron chi connectivity index (χ4n) is 1.67. The van der Waals surface area contributed by atoms with Crippen LogP contribution in [0.15, 0.2) is 22.4 Å². The minimum absolute atomic E-state index is 0.482. The first-order valence-corrected chi connectivity index (χ1v) is 7.34. The molecule has 0 bridgehead atoms. The minimum atomic E-state index is 0.482. The van der Waals surface area contributed by atoms with Crippen LogP contribution < -0.4 is 0 Å². The molecule has 1 saturated carbocycles. The Balaban J connectivity index is 1.95. The van der Waals surface area contributed by atoms with Crippen LogP contribution in [0, 0.1) is 13.8 Å². The van der Waals surface area contributed by atoms with Gasteiger partial charge in [-0.1, -0.05) is 11.6 Å². The van der Waals surface area contributed by atoms with Crippen molar-refractivity contribution in [3.8, 4) is 0 Å². The standard InChI is InChI=1S/C13H13ClN4S/c1-7-5-6-15-13(16-7)19-12-8(2)10(14)17-11(18-12)9-3-4-9/h5-6,9H,3-4H2,1-2H3. The second-order valence-electron chi connectivity index (χ2n) is 4.66. The Kier molecular flexibility index (Phi) is 3.41. The molecule has 19 heavy (non-hydrogen) atoms. The lowest BCUT2D eigenvalue weighted by molar-refractivity contribution is 0.855. The van der Waals surface area contributed by atoms with E-state index in [0.717, 1.165) is 34.9 Å². The van der Waals surface area contributed by atoms with E-state index >= 15 is 0 Å². The van der Waals surface area contributed by atoms with Gasteiger partial charge in [-0.2, -0.15) is 0 Å². The molecule has 6 heteroatoms. The quantitative estimate of drug-likeness (QED) is 0.639. The lowest BCUT2D eigenvalue weighted by atomic mass is 10.3. The zero-order valence-corrected chi connectivity index (χ0v) is 12.3. The maximum atomic E-state index is 6.18. The second-order valence-corrected chi connectivity index (χ2v) is 5.97. The summed E-state index contributed by atoms with van der Waals surface area (Å²) in [6.07, 6.45) is 4.07. The third kappa shape index (κ3) is 2.87. The Hall–Kier alpha value is -1.20. The van der Waals surface area contributed by atoms with Gasteiger partial charge in [0.15, 0.2) is 5.16 Å². The van der Waals surface area contributed by atoms with E-state index in [1.807, 2.05) is 19.9 Å². The van der Waals surface area contributed by atoms with E-state index in [9.17, 15) is 0 Å². The lowest BCUT2D eigenvalue weighted by Gasteiger charge is -2.07. The van der Waals surface area contributed by atoms with Crippen LogP contribution >= 0.6 is 23.4 Å². The smallest absolute Gasteiger partial charge is 0.194 e. The van der Waals surface area contributed by atoms with E-state index in [-0.39, 0.29) is 0 Å². The molecule has 4 nitrogen and oxygen atoms in total. The predicted octanol–water partition coefficient (Wildman–Crippen LogP) is 3.57. The first-order valence-electron chi connectivity index (χ1n) is 6.15. The number of rotatable bonds is 3. The van der Waals surface area contributed by atoms with E-state index in [2.05, 4.69) is 19.9 Å². The maximum Gasteiger partial charge on any atom is 0.194 e. The topological polar surface area (TPSA) is 51.6 Å². The molecule has 0 saturated heterocycles. The van der Waals surface area contributed by atoms with Gasteiger partial charge < -0.3 is 0 Å². The van der Waals surface area contributed by atoms with E-state index in [4.69, 9.17) is 11.6 Å². The summed E-state index contributed by atoms with van der Waals surface area (Å²) >= 11 is 7.63. The van der Waals surface area contributed by atoms with Crippen molar-refractivity contribution in [1.29, 1.82) is 0 Å². The number of aryl methyl sites for hydroxylation is 1. The van der Waals surface area contributed by atoms with Gasteiger partial charge in [0.05, 0.1) is 0 Å². The molecule has 0 amide bonds. The molecule has 0 radical (unpaired) electrons. The number of nitrogens with zero attached hydrogens (tertiary/aromatic N) is 4. The number of hydrogen-bond acceptors (Lipinski definition) is 5. The van der Waals surface area contributed by atoms with E-state index in [0.29, 0.717) is 16.2 Å². The van der Waals surface area contributed by atoms with Crippen LogP contribution in [0.2, 0.25) is 5.15 Å². The first-order chi connectivity index (χ1) is 9.13. The number of aromatic nitrogens is 4. The first kappa shape index (κ1) is 12.8. The molecule has 0 aromatic carbocycles. The molecule has 1 fully saturated rings. The van der Waals surface area contributed by atoms with Gasteiger partial charge in [-0.15, -0.1) is 0 Å². The molecule has 0 unspecified atom stereocenters. The van der Waals surface area contributed by atoms with Crippen LogP contribution in [0.5, 0.6) is 0 Å². The van der Waals surface area contributed by atoms with Crippen LogP contribution in [0.3, 0.4) is 0 Å². The summed E-state index contributed by atoms with van der Waals surface area (Å²) in [6, 6.07) is 1.87. The van der Waals surface area contributed by atoms with Crippen molar-refractivity contribution in [2.24, 2.45) is 0 Å². The molecule has 3 rings (SSSR count). The van der Waals surface area contributed by atoms with E-state index in [1.54, 1.807) is 6.20 Å². The van der Waals surface area contributed by atoms with Crippen molar-refractivity contribution in [2.75, 3.05) is 0 Å². The van der Waals surface area contributed by atoms with E-state index in [1.165, 1.54) is 11.8 Å². The fraction of sp³-hybridized carbons (Fsp3) is 0.385. The summed E-state index contributed by atoms with van der Waals surface area (Å²) in [5.74, 6) is 1.33. The third-order valence-electron chi connectivity index (χ3n) is 2.96. The van der Waals surface area contributed by atoms with Gasteiger partial charge in [-0.3, -0.25) is 0 Å². The molecule has 0 spiro atoms. The van der Waals surface area contributed by atoms with Gasteiger partial charge >= 0.3 is 0 Å². The fourth-order valence-corrected chi connectivity index (χ4v) is 2.77. The predicted molar refractivity (Wildman–Crippen MR) is 74.6 cm³/mol. The molecule has 2 aromatic rings. The largest absolute Gasteiger partial charge is 0.231 e. The van der Waals surface area contributed by atoms with Crippen molar-refractivity contribution in [3.63, 3.8) is 0 Å². The molecule has 0 N–H and O–H groups in total. The van der Waals surface area contributed by atoms with Crippen molar-refractivity contribution >= 4 is 23.4 Å². The van der Waals surface area contributed by atoms with Crippen LogP contribution in [-0.2, 0) is 0 Å². The minimum Gasteiger partial charge on any atom is -0.231 e. The zero-order chi connectivity index (χ0) is 13.4. The molecule has 1 aliphatic carbocycles. The number of halogens is 1. The SMILES string of the molecule is Cc1ccnc(Sc2nc(C3CC3)nc(Cl)c2C)n1. The van der Waals surface area contributed by atoms with Gasteiger partial charge in [-0.05, 0) is 44.5 Å². The average Bonchev–Trinajstić information content (AvgIpc) is 3.19. The Labute approximate surface area is 121 Å². The Bertz CT molecular complexity index is 628. The van der Waals surface area contributed by atoms with Crippen molar-refractivity contribution < 1.29 is 0 Å². The highest BCUT2D eigenvalue weighted by atomic mass is 35.5. The average molecular weight is 293 g/mol. The summed E-state index contributed by atoms with van der Waals surface area (Å²) in [7, 11) is 0. The summed E-state index contributed by atoms with van der Waals surface area (Å²) in [5.41, 5.74) is 1.83. The molecule has 98 valence electrons. The molecule has 2 heterocycles. The Morgan fingerprint density at radius 1 is 1.21 bits per heavy atom. The third-order valence-corrected chi connectivity index (χ3v) is 4.30. The number of hydrogen-bond donors (Lipinski definition) is 0. The zero-order valence-electron chi connectivity index (χ0n) is 10.7. The van der Waals surface area contributed by atoms with Crippen LogP contribution in [-0.4, -0.2) is 19.9 Å². The van der Waals surface area contributed by atoms with Crippen LogP contribution in [0.1, 0.15) is 35.8 Å². The van der Waals surface area contributed by atoms with Gasteiger partial charge in [0.1, 0.15) is 16.0 Å². The highest BCUT2D eigenvalue weighted by molar-refractivity contribution is 7.99. The summed E-state index contributed by atoms with van der Waals surface area (Å²) < 4.78 is 0. The molecule has 0 aliphatic heterocycles. The van der Waals surface area contributed by atoms with Gasteiger partial charge in [-0.25, -0.2) is 19.9 Å². The Morgan fingerprint density at radius 3 is 2.68 bits per heavy atom. The highest BCUT2D eigenvalue weighted by Gasteiger charge is 2.28.